The minimum Gasteiger partial charge on any atom is -0.455 e. The summed E-state index contributed by atoms with van der Waals surface area (Å²) in [7, 11) is 0. The van der Waals surface area contributed by atoms with Crippen LogP contribution in [-0.4, -0.2) is 4.98 Å². The molecule has 0 N–H and O–H groups in total. The fraction of sp³-hybridized carbons (Fsp3) is 0. The molecule has 41 heavy (non-hydrogen) atoms. The second-order valence-corrected chi connectivity index (χ2v) is 14.6. The van der Waals surface area contributed by atoms with Gasteiger partial charge in [0.05, 0.1) is 17.2 Å². The van der Waals surface area contributed by atoms with Crippen LogP contribution in [0.5, 0.6) is 0 Å². The van der Waals surface area contributed by atoms with E-state index in [1.807, 2.05) is 12.1 Å². The van der Waals surface area contributed by atoms with Crippen LogP contribution in [-0.2, 0) is 11.8 Å². The highest BCUT2D eigenvalue weighted by atomic mass is 32.4. The van der Waals surface area contributed by atoms with Gasteiger partial charge >= 0.3 is 0 Å². The van der Waals surface area contributed by atoms with Crippen molar-refractivity contribution in [2.24, 2.45) is 0 Å². The number of benzene rings is 6. The lowest BCUT2D eigenvalue weighted by Crippen LogP contribution is -2.26. The number of hydrogen-bond donors (Lipinski definition) is 0. The first-order valence-electron chi connectivity index (χ1n) is 13.7. The van der Waals surface area contributed by atoms with E-state index in [0.29, 0.717) is 0 Å². The Hall–Kier alpha value is -4.56. The summed E-state index contributed by atoms with van der Waals surface area (Å²) in [6.07, 6.45) is 0. The van der Waals surface area contributed by atoms with E-state index in [2.05, 4.69) is 133 Å². The van der Waals surface area contributed by atoms with E-state index in [0.717, 1.165) is 54.6 Å². The Labute approximate surface area is 242 Å². The number of fused-ring (bicyclic) bond motifs is 7. The molecule has 0 spiro atoms. The molecule has 0 saturated carbocycles. The summed E-state index contributed by atoms with van der Waals surface area (Å²) in [5.41, 5.74) is 4.50. The van der Waals surface area contributed by atoms with Crippen LogP contribution < -0.4 is 16.0 Å². The Bertz CT molecular complexity index is 2250. The predicted molar refractivity (Wildman–Crippen MR) is 178 cm³/mol. The van der Waals surface area contributed by atoms with Crippen LogP contribution in [0.4, 0.5) is 0 Å². The average Bonchev–Trinajstić information content (AvgIpc) is 3.45. The van der Waals surface area contributed by atoms with Gasteiger partial charge in [0.1, 0.15) is 11.2 Å². The monoisotopic (exact) mass is 561 g/mol. The van der Waals surface area contributed by atoms with Crippen LogP contribution >= 0.6 is 6.04 Å². The van der Waals surface area contributed by atoms with Gasteiger partial charge in [-0.25, -0.2) is 4.98 Å². The van der Waals surface area contributed by atoms with Crippen molar-refractivity contribution in [3.8, 4) is 11.3 Å². The molecule has 0 aliphatic carbocycles. The summed E-state index contributed by atoms with van der Waals surface area (Å²) in [5.74, 6) is 0. The third kappa shape index (κ3) is 3.78. The van der Waals surface area contributed by atoms with Crippen molar-refractivity contribution in [1.82, 2.24) is 4.98 Å². The summed E-state index contributed by atoms with van der Waals surface area (Å²) < 4.78 is 6.69. The van der Waals surface area contributed by atoms with Crippen molar-refractivity contribution in [1.29, 1.82) is 0 Å². The highest BCUT2D eigenvalue weighted by Crippen LogP contribution is 2.45. The first kappa shape index (κ1) is 24.3. The molecule has 0 aliphatic rings. The Morgan fingerprint density at radius 1 is 0.537 bits per heavy atom. The fourth-order valence-corrected chi connectivity index (χ4v) is 9.61. The molecule has 8 aromatic rings. The van der Waals surface area contributed by atoms with Crippen molar-refractivity contribution in [2.45, 2.75) is 0 Å². The van der Waals surface area contributed by atoms with Crippen molar-refractivity contribution in [3.63, 3.8) is 0 Å². The van der Waals surface area contributed by atoms with Crippen LogP contribution in [0.25, 0.3) is 54.7 Å². The first-order valence-corrected chi connectivity index (χ1v) is 16.5. The third-order valence-corrected chi connectivity index (χ3v) is 12.7. The van der Waals surface area contributed by atoms with Gasteiger partial charge in [-0.1, -0.05) is 133 Å². The van der Waals surface area contributed by atoms with Crippen LogP contribution in [0.2, 0.25) is 0 Å². The molecular weight excluding hydrogens is 537 g/mol. The minimum absolute atomic E-state index is 0.854. The molecule has 0 atom stereocenters. The molecule has 0 amide bonds. The Kier molecular flexibility index (Phi) is 5.63. The molecule has 0 fully saturated rings. The van der Waals surface area contributed by atoms with Crippen molar-refractivity contribution >= 4 is 77.4 Å². The summed E-state index contributed by atoms with van der Waals surface area (Å²) in [6.45, 7) is 0. The van der Waals surface area contributed by atoms with Crippen molar-refractivity contribution in [3.05, 3.63) is 146 Å². The maximum absolute atomic E-state index is 6.69. The molecule has 6 aromatic carbocycles. The topological polar surface area (TPSA) is 26.0 Å². The van der Waals surface area contributed by atoms with E-state index in [4.69, 9.17) is 21.2 Å². The van der Waals surface area contributed by atoms with E-state index in [9.17, 15) is 0 Å². The summed E-state index contributed by atoms with van der Waals surface area (Å²) in [5, 5.41) is 9.25. The Morgan fingerprint density at radius 3 is 1.85 bits per heavy atom. The molecule has 0 unspecified atom stereocenters. The maximum atomic E-state index is 6.69. The lowest BCUT2D eigenvalue weighted by molar-refractivity contribution is 0.670. The normalized spacial score (nSPS) is 12.0. The van der Waals surface area contributed by atoms with Gasteiger partial charge in [-0.05, 0) is 56.4 Å². The number of nitrogens with zero attached hydrogens (tertiary/aromatic N) is 1. The van der Waals surface area contributed by atoms with Gasteiger partial charge in [0.2, 0.25) is 0 Å². The molecule has 0 saturated heterocycles. The molecule has 194 valence electrons. The van der Waals surface area contributed by atoms with Gasteiger partial charge in [0.15, 0.2) is 0 Å². The van der Waals surface area contributed by atoms with Gasteiger partial charge in [-0.2, -0.15) is 0 Å². The molecule has 0 radical (unpaired) electrons. The maximum Gasteiger partial charge on any atom is 0.145 e. The highest BCUT2D eigenvalue weighted by molar-refractivity contribution is 8.25. The molecule has 0 aliphatic heterocycles. The quantitative estimate of drug-likeness (QED) is 0.201. The first-order chi connectivity index (χ1) is 20.2. The molecule has 2 heterocycles. The van der Waals surface area contributed by atoms with E-state index in [1.54, 1.807) is 0 Å². The average molecular weight is 562 g/mol. The molecule has 4 heteroatoms. The summed E-state index contributed by atoms with van der Waals surface area (Å²) in [6, 6.07) is 48.2. The molecule has 2 nitrogen and oxygen atoms in total. The molecule has 8 rings (SSSR count). The van der Waals surface area contributed by atoms with Gasteiger partial charge in [-0.15, -0.1) is 0 Å². The lowest BCUT2D eigenvalue weighted by atomic mass is 9.96. The van der Waals surface area contributed by atoms with Crippen molar-refractivity contribution in [2.75, 3.05) is 0 Å². The van der Waals surface area contributed by atoms with E-state index < -0.39 is 6.04 Å². The zero-order chi connectivity index (χ0) is 27.4. The predicted octanol–water partition coefficient (Wildman–Crippen LogP) is 8.71. The SMILES string of the molecule is S=P(c1ccccc1)(c1ccccc1)c1cccc(-c2cc3ccccc3c3c2oc2ccc4ccccc4c23)n1. The van der Waals surface area contributed by atoms with E-state index in [1.165, 1.54) is 16.2 Å². The second-order valence-electron chi connectivity index (χ2n) is 10.3. The van der Waals surface area contributed by atoms with Gasteiger partial charge in [0.25, 0.3) is 0 Å². The molecular formula is C37H24NOPS. The van der Waals surface area contributed by atoms with Crippen LogP contribution in [0.1, 0.15) is 0 Å². The zero-order valence-corrected chi connectivity index (χ0v) is 23.8. The standard InChI is InChI=1S/C37H24NOPS/c41-40(27-14-3-1-4-15-27,28-16-5-2-6-17-28)34-21-11-20-32(38-34)31-24-26-13-8-10-19-30(26)36-35-29-18-9-7-12-25(29)22-23-33(35)39-37(31)36/h1-24H. The van der Waals surface area contributed by atoms with Crippen LogP contribution in [0, 0.1) is 0 Å². The Balaban J connectivity index is 1.44. The van der Waals surface area contributed by atoms with Gasteiger partial charge in [-0.3, -0.25) is 0 Å². The largest absolute Gasteiger partial charge is 0.455 e. The number of pyridine rings is 1. The summed E-state index contributed by atoms with van der Waals surface area (Å²) in [4.78, 5) is 5.34. The lowest BCUT2D eigenvalue weighted by Gasteiger charge is -2.23. The highest BCUT2D eigenvalue weighted by Gasteiger charge is 2.27. The van der Waals surface area contributed by atoms with Crippen LogP contribution in [0.15, 0.2) is 150 Å². The molecule has 0 bridgehead atoms. The second kappa shape index (κ2) is 9.52. The van der Waals surface area contributed by atoms with Gasteiger partial charge < -0.3 is 4.42 Å². The number of furan rings is 1. The number of aromatic nitrogens is 1. The zero-order valence-electron chi connectivity index (χ0n) is 22.1. The third-order valence-electron chi connectivity index (χ3n) is 7.93. The Morgan fingerprint density at radius 2 is 1.15 bits per heavy atom. The van der Waals surface area contributed by atoms with Gasteiger partial charge in [0, 0.05) is 16.3 Å². The van der Waals surface area contributed by atoms with E-state index in [-0.39, 0.29) is 0 Å². The molecule has 2 aromatic heterocycles. The number of rotatable bonds is 4. The van der Waals surface area contributed by atoms with Crippen molar-refractivity contribution < 1.29 is 4.42 Å². The fourth-order valence-electron chi connectivity index (χ4n) is 6.02. The summed E-state index contributed by atoms with van der Waals surface area (Å²) >= 11 is 6.61. The minimum atomic E-state index is -2.40. The number of hydrogen-bond acceptors (Lipinski definition) is 3. The van der Waals surface area contributed by atoms with Crippen LogP contribution in [0.3, 0.4) is 0 Å². The smallest absolute Gasteiger partial charge is 0.145 e. The van der Waals surface area contributed by atoms with E-state index >= 15 is 0 Å².